The van der Waals surface area contributed by atoms with Gasteiger partial charge in [-0.05, 0) is 24.6 Å². The zero-order valence-corrected chi connectivity index (χ0v) is 15.0. The van der Waals surface area contributed by atoms with E-state index in [9.17, 15) is 4.39 Å². The third-order valence-electron chi connectivity index (χ3n) is 4.73. The molecule has 136 valence electrons. The van der Waals surface area contributed by atoms with Gasteiger partial charge in [-0.1, -0.05) is 18.1 Å². The van der Waals surface area contributed by atoms with Gasteiger partial charge in [-0.3, -0.25) is 9.80 Å². The van der Waals surface area contributed by atoms with Crippen LogP contribution in [0.1, 0.15) is 37.2 Å². The second kappa shape index (κ2) is 7.93. The van der Waals surface area contributed by atoms with Crippen molar-refractivity contribution >= 4 is 0 Å². The topological polar surface area (TPSA) is 54.6 Å². The average Bonchev–Trinajstić information content (AvgIpc) is 3.11. The van der Waals surface area contributed by atoms with Crippen molar-refractivity contribution in [1.29, 1.82) is 0 Å². The summed E-state index contributed by atoms with van der Waals surface area (Å²) in [7, 11) is 1.48. The Kier molecular flexibility index (Phi) is 5.65. The second-order valence-electron chi connectivity index (χ2n) is 6.36. The molecule has 1 atom stereocenters. The summed E-state index contributed by atoms with van der Waals surface area (Å²) in [6.45, 7) is 8.54. The third kappa shape index (κ3) is 4.16. The number of hydrogen-bond donors (Lipinski definition) is 0. The first-order valence-corrected chi connectivity index (χ1v) is 8.72. The zero-order valence-electron chi connectivity index (χ0n) is 15.0. The molecule has 25 heavy (non-hydrogen) atoms. The molecule has 0 spiro atoms. The number of nitrogens with zero attached hydrogens (tertiary/aromatic N) is 4. The SMILES string of the molecule is CCc1noc([C@@H](C)N2CCN(Cc3ccc(OC)c(F)c3)CC2)n1. The minimum absolute atomic E-state index is 0.119. The molecule has 0 radical (unpaired) electrons. The molecule has 1 aliphatic heterocycles. The van der Waals surface area contributed by atoms with Crippen molar-refractivity contribution < 1.29 is 13.7 Å². The number of halogens is 1. The fourth-order valence-electron chi connectivity index (χ4n) is 3.11. The molecule has 1 fully saturated rings. The van der Waals surface area contributed by atoms with E-state index >= 15 is 0 Å². The summed E-state index contributed by atoms with van der Waals surface area (Å²) < 4.78 is 24.1. The Labute approximate surface area is 147 Å². The molecule has 0 saturated carbocycles. The summed E-state index contributed by atoms with van der Waals surface area (Å²) in [5, 5.41) is 3.97. The highest BCUT2D eigenvalue weighted by molar-refractivity contribution is 5.29. The number of hydrogen-bond acceptors (Lipinski definition) is 6. The Morgan fingerprint density at radius 1 is 1.28 bits per heavy atom. The van der Waals surface area contributed by atoms with Crippen LogP contribution in [0.3, 0.4) is 0 Å². The standard InChI is InChI=1S/C18H25FN4O2/c1-4-17-20-18(25-21-17)13(2)23-9-7-22(8-10-23)12-14-5-6-16(24-3)15(19)11-14/h5-6,11,13H,4,7-10,12H2,1-3H3/t13-/m1/s1. The molecule has 0 bridgehead atoms. The molecule has 0 unspecified atom stereocenters. The van der Waals surface area contributed by atoms with Gasteiger partial charge in [0, 0.05) is 39.1 Å². The van der Waals surface area contributed by atoms with Gasteiger partial charge in [0.2, 0.25) is 5.89 Å². The predicted molar refractivity (Wildman–Crippen MR) is 91.9 cm³/mol. The molecule has 0 N–H and O–H groups in total. The van der Waals surface area contributed by atoms with Gasteiger partial charge < -0.3 is 9.26 Å². The number of aryl methyl sites for hydroxylation is 1. The number of ether oxygens (including phenoxy) is 1. The van der Waals surface area contributed by atoms with Crippen LogP contribution in [0.25, 0.3) is 0 Å². The lowest BCUT2D eigenvalue weighted by Gasteiger charge is -2.36. The Balaban J connectivity index is 1.53. The summed E-state index contributed by atoms with van der Waals surface area (Å²) in [5.74, 6) is 1.41. The van der Waals surface area contributed by atoms with Crippen LogP contribution in [-0.4, -0.2) is 53.2 Å². The summed E-state index contributed by atoms with van der Waals surface area (Å²) in [4.78, 5) is 9.10. The maximum atomic E-state index is 13.8. The van der Waals surface area contributed by atoms with Crippen LogP contribution in [0, 0.1) is 5.82 Å². The molecule has 1 aromatic carbocycles. The number of rotatable bonds is 6. The highest BCUT2D eigenvalue weighted by atomic mass is 19.1. The monoisotopic (exact) mass is 348 g/mol. The molecule has 0 amide bonds. The molecule has 6 nitrogen and oxygen atoms in total. The van der Waals surface area contributed by atoms with Gasteiger partial charge in [-0.25, -0.2) is 4.39 Å². The van der Waals surface area contributed by atoms with E-state index < -0.39 is 0 Å². The van der Waals surface area contributed by atoms with Gasteiger partial charge in [-0.15, -0.1) is 0 Å². The number of methoxy groups -OCH3 is 1. The molecule has 1 saturated heterocycles. The summed E-state index contributed by atoms with van der Waals surface area (Å²) in [5.41, 5.74) is 0.962. The van der Waals surface area contributed by atoms with E-state index in [4.69, 9.17) is 9.26 Å². The first-order valence-electron chi connectivity index (χ1n) is 8.72. The number of aromatic nitrogens is 2. The van der Waals surface area contributed by atoms with E-state index in [0.29, 0.717) is 5.89 Å². The first kappa shape index (κ1) is 17.8. The molecule has 0 aliphatic carbocycles. The van der Waals surface area contributed by atoms with Crippen molar-refractivity contribution in [3.8, 4) is 5.75 Å². The number of benzene rings is 1. The van der Waals surface area contributed by atoms with E-state index in [1.807, 2.05) is 13.0 Å². The van der Waals surface area contributed by atoms with Crippen molar-refractivity contribution in [1.82, 2.24) is 19.9 Å². The normalized spacial score (nSPS) is 17.6. The van der Waals surface area contributed by atoms with Gasteiger partial charge in [0.25, 0.3) is 0 Å². The molecule has 2 aromatic rings. The van der Waals surface area contributed by atoms with E-state index in [0.717, 1.165) is 50.5 Å². The van der Waals surface area contributed by atoms with Crippen LogP contribution in [0.15, 0.2) is 22.7 Å². The van der Waals surface area contributed by atoms with Crippen LogP contribution in [-0.2, 0) is 13.0 Å². The Bertz CT molecular complexity index is 698. The Hall–Kier alpha value is -1.99. The fourth-order valence-corrected chi connectivity index (χ4v) is 3.11. The smallest absolute Gasteiger partial charge is 0.243 e. The van der Waals surface area contributed by atoms with Crippen molar-refractivity contribution in [3.63, 3.8) is 0 Å². The molecule has 1 aliphatic rings. The van der Waals surface area contributed by atoms with Crippen LogP contribution < -0.4 is 4.74 Å². The van der Waals surface area contributed by atoms with Gasteiger partial charge in [0.1, 0.15) is 0 Å². The van der Waals surface area contributed by atoms with Gasteiger partial charge >= 0.3 is 0 Å². The van der Waals surface area contributed by atoms with Crippen LogP contribution in [0.4, 0.5) is 4.39 Å². The van der Waals surface area contributed by atoms with Gasteiger partial charge in [0.15, 0.2) is 17.4 Å². The van der Waals surface area contributed by atoms with E-state index in [1.165, 1.54) is 7.11 Å². The second-order valence-corrected chi connectivity index (χ2v) is 6.36. The van der Waals surface area contributed by atoms with Gasteiger partial charge in [-0.2, -0.15) is 4.98 Å². The molecular weight excluding hydrogens is 323 g/mol. The van der Waals surface area contributed by atoms with Crippen molar-refractivity contribution in [3.05, 3.63) is 41.3 Å². The maximum Gasteiger partial charge on any atom is 0.243 e. The molecule has 1 aromatic heterocycles. The first-order chi connectivity index (χ1) is 12.1. The summed E-state index contributed by atoms with van der Waals surface area (Å²) >= 11 is 0. The van der Waals surface area contributed by atoms with E-state index in [-0.39, 0.29) is 17.6 Å². The average molecular weight is 348 g/mol. The van der Waals surface area contributed by atoms with Crippen LogP contribution in [0.5, 0.6) is 5.75 Å². The largest absolute Gasteiger partial charge is 0.494 e. The van der Waals surface area contributed by atoms with Gasteiger partial charge in [0.05, 0.1) is 13.2 Å². The third-order valence-corrected chi connectivity index (χ3v) is 4.73. The molecule has 7 heteroatoms. The van der Waals surface area contributed by atoms with Crippen LogP contribution in [0.2, 0.25) is 0 Å². The highest BCUT2D eigenvalue weighted by Crippen LogP contribution is 2.22. The highest BCUT2D eigenvalue weighted by Gasteiger charge is 2.25. The van der Waals surface area contributed by atoms with Crippen molar-refractivity contribution in [2.24, 2.45) is 0 Å². The molecule has 2 heterocycles. The van der Waals surface area contributed by atoms with E-state index in [2.05, 4.69) is 26.9 Å². The fraction of sp³-hybridized carbons (Fsp3) is 0.556. The van der Waals surface area contributed by atoms with Crippen molar-refractivity contribution in [2.75, 3.05) is 33.3 Å². The zero-order chi connectivity index (χ0) is 17.8. The minimum atomic E-state index is -0.310. The minimum Gasteiger partial charge on any atom is -0.494 e. The molecular formula is C18H25FN4O2. The summed E-state index contributed by atoms with van der Waals surface area (Å²) in [6, 6.07) is 5.28. The maximum absolute atomic E-state index is 13.8. The number of piperazine rings is 1. The van der Waals surface area contributed by atoms with Crippen molar-refractivity contribution in [2.45, 2.75) is 32.9 Å². The van der Waals surface area contributed by atoms with E-state index in [1.54, 1.807) is 12.1 Å². The van der Waals surface area contributed by atoms with Crippen LogP contribution >= 0.6 is 0 Å². The predicted octanol–water partition coefficient (Wildman–Crippen LogP) is 2.66. The lowest BCUT2D eigenvalue weighted by molar-refractivity contribution is 0.0844. The quantitative estimate of drug-likeness (QED) is 0.800. The summed E-state index contributed by atoms with van der Waals surface area (Å²) in [6.07, 6.45) is 0.780. The lowest BCUT2D eigenvalue weighted by Crippen LogP contribution is -2.46. The Morgan fingerprint density at radius 2 is 2.04 bits per heavy atom. The molecule has 3 rings (SSSR count). The Morgan fingerprint density at radius 3 is 2.64 bits per heavy atom. The lowest BCUT2D eigenvalue weighted by atomic mass is 10.1.